The summed E-state index contributed by atoms with van der Waals surface area (Å²) in [6.07, 6.45) is 3.77. The Morgan fingerprint density at radius 2 is 1.92 bits per heavy atom. The topological polar surface area (TPSA) is 41.6 Å². The van der Waals surface area contributed by atoms with Crippen molar-refractivity contribution in [3.8, 4) is 5.75 Å². The lowest BCUT2D eigenvalue weighted by atomic mass is 9.88. The van der Waals surface area contributed by atoms with Gasteiger partial charge >= 0.3 is 0 Å². The molecule has 0 bridgehead atoms. The maximum atomic E-state index is 12.7. The third-order valence-electron chi connectivity index (χ3n) is 4.96. The van der Waals surface area contributed by atoms with Gasteiger partial charge in [-0.2, -0.15) is 0 Å². The number of methoxy groups -OCH3 is 1. The first-order valence-corrected chi connectivity index (χ1v) is 9.06. The van der Waals surface area contributed by atoms with E-state index in [0.717, 1.165) is 37.4 Å². The van der Waals surface area contributed by atoms with E-state index in [1.807, 2.05) is 36.4 Å². The van der Waals surface area contributed by atoms with Crippen LogP contribution in [-0.2, 0) is 4.79 Å². The molecule has 26 heavy (non-hydrogen) atoms. The van der Waals surface area contributed by atoms with Gasteiger partial charge in [-0.15, -0.1) is 6.58 Å². The first-order chi connectivity index (χ1) is 12.7. The van der Waals surface area contributed by atoms with Crippen molar-refractivity contribution in [2.45, 2.75) is 18.9 Å². The van der Waals surface area contributed by atoms with Crippen LogP contribution in [0.5, 0.6) is 5.75 Å². The van der Waals surface area contributed by atoms with Crippen LogP contribution in [0.1, 0.15) is 24.4 Å². The molecule has 2 aromatic carbocycles. The fraction of sp³-hybridized carbons (Fsp3) is 0.318. The summed E-state index contributed by atoms with van der Waals surface area (Å²) < 4.78 is 5.16. The second-order valence-corrected chi connectivity index (χ2v) is 6.66. The first-order valence-electron chi connectivity index (χ1n) is 9.06. The van der Waals surface area contributed by atoms with Crippen molar-refractivity contribution in [3.05, 3.63) is 72.8 Å². The number of piperidine rings is 1. The van der Waals surface area contributed by atoms with Gasteiger partial charge in [0.2, 0.25) is 5.91 Å². The lowest BCUT2D eigenvalue weighted by molar-refractivity contribution is -0.122. The summed E-state index contributed by atoms with van der Waals surface area (Å²) in [7, 11) is 1.63. The molecule has 4 heteroatoms. The molecule has 1 fully saturated rings. The number of nitrogens with one attached hydrogen (secondary N) is 1. The molecule has 0 spiro atoms. The molecule has 136 valence electrons. The van der Waals surface area contributed by atoms with E-state index in [2.05, 4.69) is 41.1 Å². The van der Waals surface area contributed by atoms with Gasteiger partial charge in [0, 0.05) is 24.8 Å². The Morgan fingerprint density at radius 1 is 1.19 bits per heavy atom. The molecule has 1 amide bonds. The Kier molecular flexibility index (Phi) is 6.08. The first kappa shape index (κ1) is 18.2. The van der Waals surface area contributed by atoms with Crippen LogP contribution in [-0.4, -0.2) is 31.0 Å². The normalized spacial score (nSPS) is 20.3. The van der Waals surface area contributed by atoms with Crippen LogP contribution >= 0.6 is 0 Å². The molecule has 0 aromatic heterocycles. The molecule has 1 aliphatic rings. The quantitative estimate of drug-likeness (QED) is 0.791. The summed E-state index contributed by atoms with van der Waals surface area (Å²) >= 11 is 0. The van der Waals surface area contributed by atoms with E-state index in [4.69, 9.17) is 4.74 Å². The van der Waals surface area contributed by atoms with E-state index >= 15 is 0 Å². The number of rotatable bonds is 6. The molecule has 2 atom stereocenters. The van der Waals surface area contributed by atoms with Gasteiger partial charge in [-0.1, -0.05) is 36.4 Å². The van der Waals surface area contributed by atoms with Crippen LogP contribution in [0.15, 0.2) is 67.3 Å². The number of hydrogen-bond donors (Lipinski definition) is 1. The number of amides is 1. The molecule has 0 aliphatic carbocycles. The number of ether oxygens (including phenoxy) is 1. The number of nitrogens with zero attached hydrogens (tertiary/aromatic N) is 1. The third-order valence-corrected chi connectivity index (χ3v) is 4.96. The Hall–Kier alpha value is -2.59. The van der Waals surface area contributed by atoms with Gasteiger partial charge in [0.15, 0.2) is 0 Å². The molecule has 3 rings (SSSR count). The number of benzene rings is 2. The number of hydrogen-bond acceptors (Lipinski definition) is 3. The van der Waals surface area contributed by atoms with Crippen molar-refractivity contribution >= 4 is 11.6 Å². The van der Waals surface area contributed by atoms with E-state index in [9.17, 15) is 4.79 Å². The van der Waals surface area contributed by atoms with Gasteiger partial charge in [-0.3, -0.25) is 9.69 Å². The summed E-state index contributed by atoms with van der Waals surface area (Å²) in [5.74, 6) is 0.844. The Morgan fingerprint density at radius 3 is 2.58 bits per heavy atom. The fourth-order valence-corrected chi connectivity index (χ4v) is 3.60. The minimum absolute atomic E-state index is 0.0167. The number of anilines is 1. The van der Waals surface area contributed by atoms with E-state index in [0.29, 0.717) is 6.04 Å². The predicted octanol–water partition coefficient (Wildman–Crippen LogP) is 4.27. The van der Waals surface area contributed by atoms with Crippen LogP contribution in [0, 0.1) is 5.92 Å². The highest BCUT2D eigenvalue weighted by Gasteiger charge is 2.32. The van der Waals surface area contributed by atoms with Gasteiger partial charge in [0.1, 0.15) is 5.75 Å². The zero-order chi connectivity index (χ0) is 18.4. The summed E-state index contributed by atoms with van der Waals surface area (Å²) in [5.41, 5.74) is 2.11. The molecule has 0 saturated carbocycles. The van der Waals surface area contributed by atoms with Crippen LogP contribution in [0.2, 0.25) is 0 Å². The number of carbonyl (C=O) groups excluding carboxylic acids is 1. The highest BCUT2D eigenvalue weighted by Crippen LogP contribution is 2.33. The van der Waals surface area contributed by atoms with Crippen LogP contribution < -0.4 is 10.1 Å². The molecular weight excluding hydrogens is 324 g/mol. The van der Waals surface area contributed by atoms with E-state index in [1.54, 1.807) is 7.11 Å². The molecule has 0 radical (unpaired) electrons. The molecule has 1 aliphatic heterocycles. The zero-order valence-corrected chi connectivity index (χ0v) is 15.2. The molecule has 1 saturated heterocycles. The lowest BCUT2D eigenvalue weighted by Gasteiger charge is -2.39. The van der Waals surface area contributed by atoms with Crippen molar-refractivity contribution in [3.63, 3.8) is 0 Å². The van der Waals surface area contributed by atoms with Crippen LogP contribution in [0.4, 0.5) is 5.69 Å². The minimum atomic E-state index is -0.0167. The average molecular weight is 350 g/mol. The zero-order valence-electron chi connectivity index (χ0n) is 15.2. The molecule has 1 N–H and O–H groups in total. The predicted molar refractivity (Wildman–Crippen MR) is 105 cm³/mol. The summed E-state index contributed by atoms with van der Waals surface area (Å²) in [6.45, 7) is 5.41. The third kappa shape index (κ3) is 4.33. The van der Waals surface area contributed by atoms with E-state index in [1.165, 1.54) is 5.56 Å². The van der Waals surface area contributed by atoms with Gasteiger partial charge in [0.25, 0.3) is 0 Å². The average Bonchev–Trinajstić information content (AvgIpc) is 2.69. The maximum absolute atomic E-state index is 12.7. The van der Waals surface area contributed by atoms with Crippen LogP contribution in [0.25, 0.3) is 0 Å². The van der Waals surface area contributed by atoms with Crippen molar-refractivity contribution in [1.29, 1.82) is 0 Å². The summed E-state index contributed by atoms with van der Waals surface area (Å²) in [6, 6.07) is 18.3. The largest absolute Gasteiger partial charge is 0.497 e. The standard InChI is InChI=1S/C22H26N2O2/c1-3-15-24-16-18(9-14-21(24)17-7-5-4-6-8-17)22(25)23-19-10-12-20(26-2)13-11-19/h3-8,10-13,18,21H,1,9,14-16H2,2H3,(H,23,25)/t18-,21+/m0/s1. The van der Waals surface area contributed by atoms with E-state index in [-0.39, 0.29) is 11.8 Å². The second-order valence-electron chi connectivity index (χ2n) is 6.66. The van der Waals surface area contributed by atoms with Gasteiger partial charge in [-0.25, -0.2) is 0 Å². The minimum Gasteiger partial charge on any atom is -0.497 e. The van der Waals surface area contributed by atoms with Crippen molar-refractivity contribution < 1.29 is 9.53 Å². The lowest BCUT2D eigenvalue weighted by Crippen LogP contribution is -2.42. The molecule has 0 unspecified atom stereocenters. The van der Waals surface area contributed by atoms with Crippen molar-refractivity contribution in [2.75, 3.05) is 25.5 Å². The van der Waals surface area contributed by atoms with Crippen LogP contribution in [0.3, 0.4) is 0 Å². The maximum Gasteiger partial charge on any atom is 0.228 e. The van der Waals surface area contributed by atoms with Gasteiger partial charge < -0.3 is 10.1 Å². The SMILES string of the molecule is C=CCN1C[C@@H](C(=O)Nc2ccc(OC)cc2)CC[C@@H]1c1ccccc1. The fourth-order valence-electron chi connectivity index (χ4n) is 3.60. The molecular formula is C22H26N2O2. The summed E-state index contributed by atoms with van der Waals surface area (Å²) in [4.78, 5) is 15.1. The van der Waals surface area contributed by atoms with E-state index < -0.39 is 0 Å². The van der Waals surface area contributed by atoms with Crippen molar-refractivity contribution in [2.24, 2.45) is 5.92 Å². The Bertz CT molecular complexity index is 728. The second kappa shape index (κ2) is 8.68. The highest BCUT2D eigenvalue weighted by atomic mass is 16.5. The molecule has 4 nitrogen and oxygen atoms in total. The Balaban J connectivity index is 1.66. The van der Waals surface area contributed by atoms with Crippen molar-refractivity contribution in [1.82, 2.24) is 4.90 Å². The summed E-state index contributed by atoms with van der Waals surface area (Å²) in [5, 5.41) is 3.03. The monoisotopic (exact) mass is 350 g/mol. The Labute approximate surface area is 155 Å². The number of likely N-dealkylation sites (tertiary alicyclic amines) is 1. The number of carbonyl (C=O) groups is 1. The van der Waals surface area contributed by atoms with Gasteiger partial charge in [-0.05, 0) is 42.7 Å². The highest BCUT2D eigenvalue weighted by molar-refractivity contribution is 5.92. The molecule has 2 aromatic rings. The smallest absolute Gasteiger partial charge is 0.228 e. The molecule has 1 heterocycles. The van der Waals surface area contributed by atoms with Gasteiger partial charge in [0.05, 0.1) is 13.0 Å².